The Morgan fingerprint density at radius 1 is 1.00 bits per heavy atom. The van der Waals surface area contributed by atoms with Gasteiger partial charge in [0.15, 0.2) is 0 Å². The highest BCUT2D eigenvalue weighted by atomic mass is 16.5. The Morgan fingerprint density at radius 3 is 2.43 bits per heavy atom. The predicted molar refractivity (Wildman–Crippen MR) is 133 cm³/mol. The number of aromatic nitrogens is 6. The monoisotopic (exact) mass is 469 g/mol. The molecule has 0 unspecified atom stereocenters. The summed E-state index contributed by atoms with van der Waals surface area (Å²) in [5.41, 5.74) is 8.29. The van der Waals surface area contributed by atoms with E-state index in [4.69, 9.17) is 4.52 Å². The van der Waals surface area contributed by atoms with Gasteiger partial charge in [-0.3, -0.25) is 14.2 Å². The number of aryl methyl sites for hydroxylation is 5. The van der Waals surface area contributed by atoms with Crippen molar-refractivity contribution in [3.8, 4) is 11.3 Å². The van der Waals surface area contributed by atoms with Crippen LogP contribution in [0.5, 0.6) is 0 Å². The summed E-state index contributed by atoms with van der Waals surface area (Å²) in [5.74, 6) is -0.271. The molecule has 0 fully saturated rings. The van der Waals surface area contributed by atoms with Gasteiger partial charge < -0.3 is 9.84 Å². The highest BCUT2D eigenvalue weighted by Crippen LogP contribution is 2.30. The van der Waals surface area contributed by atoms with Gasteiger partial charge in [-0.15, -0.1) is 0 Å². The molecule has 1 N–H and O–H groups in total. The third-order valence-electron chi connectivity index (χ3n) is 6.22. The first-order valence-corrected chi connectivity index (χ1v) is 11.4. The molecule has 178 valence electrons. The number of carbonyl (C=O) groups is 1. The van der Waals surface area contributed by atoms with E-state index >= 15 is 0 Å². The summed E-state index contributed by atoms with van der Waals surface area (Å²) in [6, 6.07) is 10.1. The smallest absolute Gasteiger partial charge is 0.259 e. The molecule has 9 heteroatoms. The van der Waals surface area contributed by atoms with Crippen molar-refractivity contribution >= 4 is 22.7 Å². The van der Waals surface area contributed by atoms with Gasteiger partial charge in [-0.25, -0.2) is 4.98 Å². The van der Waals surface area contributed by atoms with Crippen LogP contribution in [0, 0.1) is 34.6 Å². The fourth-order valence-electron chi connectivity index (χ4n) is 4.34. The molecule has 0 bridgehead atoms. The molecule has 0 aliphatic carbocycles. The SMILES string of the molecule is Cc1ccc(Cn2nc(C)c(NC(=O)c3cc(-c4cn(C)nc4C)nc4onc(C)c34)c2C)cc1. The molecule has 5 aromatic rings. The summed E-state index contributed by atoms with van der Waals surface area (Å²) in [6.07, 6.45) is 1.87. The number of nitrogens with zero attached hydrogens (tertiary/aromatic N) is 6. The molecule has 0 aliphatic rings. The first-order valence-electron chi connectivity index (χ1n) is 11.4. The van der Waals surface area contributed by atoms with E-state index < -0.39 is 0 Å². The van der Waals surface area contributed by atoms with Crippen LogP contribution in [0.2, 0.25) is 0 Å². The number of pyridine rings is 1. The molecule has 0 saturated heterocycles. The molecule has 4 heterocycles. The van der Waals surface area contributed by atoms with Crippen LogP contribution in [0.15, 0.2) is 41.1 Å². The molecule has 9 nitrogen and oxygen atoms in total. The summed E-state index contributed by atoms with van der Waals surface area (Å²) >= 11 is 0. The second-order valence-corrected chi connectivity index (χ2v) is 8.95. The van der Waals surface area contributed by atoms with Crippen LogP contribution in [0.4, 0.5) is 5.69 Å². The maximum atomic E-state index is 13.6. The van der Waals surface area contributed by atoms with Gasteiger partial charge in [0.1, 0.15) is 0 Å². The third-order valence-corrected chi connectivity index (χ3v) is 6.22. The molecule has 4 aromatic heterocycles. The predicted octanol–water partition coefficient (Wildman–Crippen LogP) is 4.66. The van der Waals surface area contributed by atoms with E-state index in [0.717, 1.165) is 28.2 Å². The van der Waals surface area contributed by atoms with Gasteiger partial charge in [-0.05, 0) is 46.2 Å². The Bertz CT molecular complexity index is 1570. The van der Waals surface area contributed by atoms with E-state index in [1.807, 2.05) is 38.7 Å². The Kier molecular flexibility index (Phi) is 5.47. The maximum Gasteiger partial charge on any atom is 0.259 e. The highest BCUT2D eigenvalue weighted by Gasteiger charge is 2.23. The molecule has 5 rings (SSSR count). The zero-order valence-electron chi connectivity index (χ0n) is 20.7. The molecule has 0 atom stereocenters. The van der Waals surface area contributed by atoms with Crippen molar-refractivity contribution < 1.29 is 9.32 Å². The van der Waals surface area contributed by atoms with Gasteiger partial charge in [-0.2, -0.15) is 10.2 Å². The van der Waals surface area contributed by atoms with E-state index in [1.165, 1.54) is 5.56 Å². The number of carbonyl (C=O) groups excluding carboxylic acids is 1. The summed E-state index contributed by atoms with van der Waals surface area (Å²) in [6.45, 7) is 10.2. The molecule has 0 aliphatic heterocycles. The number of rotatable bonds is 5. The lowest BCUT2D eigenvalue weighted by atomic mass is 10.1. The topological polar surface area (TPSA) is 104 Å². The summed E-state index contributed by atoms with van der Waals surface area (Å²) in [5, 5.41) is 16.8. The van der Waals surface area contributed by atoms with Gasteiger partial charge in [0.2, 0.25) is 0 Å². The van der Waals surface area contributed by atoms with Crippen molar-refractivity contribution in [1.82, 2.24) is 29.7 Å². The van der Waals surface area contributed by atoms with Crippen molar-refractivity contribution in [2.24, 2.45) is 7.05 Å². The Hall–Kier alpha value is -4.27. The van der Waals surface area contributed by atoms with E-state index in [-0.39, 0.29) is 5.91 Å². The minimum absolute atomic E-state index is 0.271. The largest absolute Gasteiger partial charge is 0.335 e. The Balaban J connectivity index is 1.51. The van der Waals surface area contributed by atoms with Crippen LogP contribution in [0.25, 0.3) is 22.4 Å². The van der Waals surface area contributed by atoms with Crippen LogP contribution in [0.1, 0.15) is 44.3 Å². The van der Waals surface area contributed by atoms with Gasteiger partial charge in [0, 0.05) is 18.8 Å². The standard InChI is InChI=1S/C26H27N7O2/c1-14-7-9-19(10-8-14)12-33-18(5)24(17(4)30-33)28-25(34)20-11-22(21-13-32(6)29-15(21)2)27-26-23(20)16(3)31-35-26/h7-11,13H,12H2,1-6H3,(H,28,34). The van der Waals surface area contributed by atoms with Gasteiger partial charge in [0.05, 0.1) is 51.7 Å². The molecular weight excluding hydrogens is 442 g/mol. The quantitative estimate of drug-likeness (QED) is 0.401. The number of hydrogen-bond acceptors (Lipinski definition) is 6. The molecular formula is C26H27N7O2. The zero-order chi connectivity index (χ0) is 24.9. The molecule has 35 heavy (non-hydrogen) atoms. The van der Waals surface area contributed by atoms with E-state index in [9.17, 15) is 4.79 Å². The lowest BCUT2D eigenvalue weighted by Crippen LogP contribution is -2.14. The lowest BCUT2D eigenvalue weighted by molar-refractivity contribution is 0.102. The van der Waals surface area contributed by atoms with Crippen LogP contribution in [0.3, 0.4) is 0 Å². The molecule has 1 amide bonds. The Labute approximate surface area is 202 Å². The van der Waals surface area contributed by atoms with Gasteiger partial charge in [-0.1, -0.05) is 35.0 Å². The van der Waals surface area contributed by atoms with Crippen LogP contribution in [-0.4, -0.2) is 35.6 Å². The average molecular weight is 470 g/mol. The van der Waals surface area contributed by atoms with Crippen molar-refractivity contribution in [2.75, 3.05) is 5.32 Å². The molecule has 0 radical (unpaired) electrons. The maximum absolute atomic E-state index is 13.6. The van der Waals surface area contributed by atoms with Crippen molar-refractivity contribution in [1.29, 1.82) is 0 Å². The summed E-state index contributed by atoms with van der Waals surface area (Å²) in [4.78, 5) is 18.2. The molecule has 0 spiro atoms. The number of amides is 1. The lowest BCUT2D eigenvalue weighted by Gasteiger charge is -2.09. The number of benzene rings is 1. The van der Waals surface area contributed by atoms with E-state index in [0.29, 0.717) is 40.3 Å². The second kappa shape index (κ2) is 8.50. The first kappa shape index (κ1) is 22.5. The van der Waals surface area contributed by atoms with Crippen LogP contribution < -0.4 is 5.32 Å². The van der Waals surface area contributed by atoms with Crippen molar-refractivity contribution in [2.45, 2.75) is 41.2 Å². The van der Waals surface area contributed by atoms with Crippen LogP contribution in [-0.2, 0) is 13.6 Å². The summed E-state index contributed by atoms with van der Waals surface area (Å²) < 4.78 is 9.07. The minimum atomic E-state index is -0.271. The summed E-state index contributed by atoms with van der Waals surface area (Å²) in [7, 11) is 1.85. The second-order valence-electron chi connectivity index (χ2n) is 8.95. The fourth-order valence-corrected chi connectivity index (χ4v) is 4.34. The van der Waals surface area contributed by atoms with Crippen LogP contribution >= 0.6 is 0 Å². The number of fused-ring (bicyclic) bond motifs is 1. The normalized spacial score (nSPS) is 11.4. The van der Waals surface area contributed by atoms with Crippen molar-refractivity contribution in [3.05, 3.63) is 76.0 Å². The number of hydrogen-bond donors (Lipinski definition) is 1. The van der Waals surface area contributed by atoms with Gasteiger partial charge in [0.25, 0.3) is 11.6 Å². The first-order chi connectivity index (χ1) is 16.7. The Morgan fingerprint density at radius 2 is 1.74 bits per heavy atom. The van der Waals surface area contributed by atoms with E-state index in [2.05, 4.69) is 56.8 Å². The molecule has 1 aromatic carbocycles. The number of anilines is 1. The highest BCUT2D eigenvalue weighted by molar-refractivity contribution is 6.13. The zero-order valence-corrected chi connectivity index (χ0v) is 20.7. The molecule has 0 saturated carbocycles. The van der Waals surface area contributed by atoms with Crippen molar-refractivity contribution in [3.63, 3.8) is 0 Å². The van der Waals surface area contributed by atoms with Gasteiger partial charge >= 0.3 is 0 Å². The number of nitrogens with one attached hydrogen (secondary N) is 1. The van der Waals surface area contributed by atoms with E-state index in [1.54, 1.807) is 17.7 Å². The average Bonchev–Trinajstić information content (AvgIpc) is 3.45. The fraction of sp³-hybridized carbons (Fsp3) is 0.269. The third kappa shape index (κ3) is 4.09. The minimum Gasteiger partial charge on any atom is -0.335 e.